The Bertz CT molecular complexity index is 820. The third-order valence-corrected chi connectivity index (χ3v) is 5.02. The summed E-state index contributed by atoms with van der Waals surface area (Å²) in [5, 5.41) is 0. The summed E-state index contributed by atoms with van der Waals surface area (Å²) in [4.78, 5) is 52.3. The summed E-state index contributed by atoms with van der Waals surface area (Å²) >= 11 is 0. The predicted octanol–water partition coefficient (Wildman–Crippen LogP) is 1.69. The number of nitrogens with zero attached hydrogens (tertiary/aromatic N) is 2. The maximum Gasteiger partial charge on any atom is 0.411 e. The predicted molar refractivity (Wildman–Crippen MR) is 112 cm³/mol. The van der Waals surface area contributed by atoms with Crippen molar-refractivity contribution in [2.45, 2.75) is 58.4 Å². The molecule has 1 aliphatic heterocycles. The van der Waals surface area contributed by atoms with Crippen LogP contribution in [0.15, 0.2) is 30.3 Å². The Kier molecular flexibility index (Phi) is 7.65. The molecule has 2 N–H and O–H groups in total. The van der Waals surface area contributed by atoms with E-state index in [0.29, 0.717) is 0 Å². The number of rotatable bonds is 6. The second-order valence-corrected chi connectivity index (χ2v) is 8.74. The van der Waals surface area contributed by atoms with E-state index in [2.05, 4.69) is 0 Å². The molecule has 0 unspecified atom stereocenters. The zero-order valence-corrected chi connectivity index (χ0v) is 18.7. The minimum absolute atomic E-state index is 0.0654. The van der Waals surface area contributed by atoms with E-state index in [4.69, 9.17) is 15.2 Å². The van der Waals surface area contributed by atoms with Gasteiger partial charge in [0.2, 0.25) is 11.8 Å². The number of likely N-dealkylation sites (N-methyl/N-ethyl adjacent to an activating group) is 1. The Morgan fingerprint density at radius 3 is 2.32 bits per heavy atom. The molecule has 1 aliphatic rings. The molecule has 0 spiro atoms. The Morgan fingerprint density at radius 1 is 1.16 bits per heavy atom. The summed E-state index contributed by atoms with van der Waals surface area (Å²) in [5.41, 5.74) is 5.24. The second kappa shape index (κ2) is 9.80. The van der Waals surface area contributed by atoms with Gasteiger partial charge in [0.25, 0.3) is 0 Å². The van der Waals surface area contributed by atoms with Gasteiger partial charge < -0.3 is 20.1 Å². The largest absolute Gasteiger partial charge is 0.461 e. The summed E-state index contributed by atoms with van der Waals surface area (Å²) in [6.45, 7) is 6.62. The summed E-state index contributed by atoms with van der Waals surface area (Å²) in [7, 11) is 1.42. The molecule has 3 atom stereocenters. The molecule has 1 saturated heterocycles. The highest BCUT2D eigenvalue weighted by atomic mass is 16.6. The van der Waals surface area contributed by atoms with Gasteiger partial charge in [-0.15, -0.1) is 0 Å². The molecule has 9 nitrogen and oxygen atoms in total. The van der Waals surface area contributed by atoms with Crippen LogP contribution in [0.4, 0.5) is 4.79 Å². The molecule has 0 aliphatic carbocycles. The van der Waals surface area contributed by atoms with Gasteiger partial charge in [-0.1, -0.05) is 30.3 Å². The van der Waals surface area contributed by atoms with Crippen molar-refractivity contribution in [1.29, 1.82) is 0 Å². The molecule has 1 heterocycles. The first-order valence-electron chi connectivity index (χ1n) is 10.2. The van der Waals surface area contributed by atoms with Gasteiger partial charge in [-0.25, -0.2) is 4.79 Å². The summed E-state index contributed by atoms with van der Waals surface area (Å²) in [6.07, 6.45) is -0.639. The van der Waals surface area contributed by atoms with Crippen LogP contribution in [0.1, 0.15) is 39.7 Å². The van der Waals surface area contributed by atoms with Crippen LogP contribution in [-0.2, 0) is 30.5 Å². The van der Waals surface area contributed by atoms with E-state index in [-0.39, 0.29) is 19.6 Å². The monoisotopic (exact) mass is 433 g/mol. The van der Waals surface area contributed by atoms with Gasteiger partial charge in [0.1, 0.15) is 18.2 Å². The number of likely N-dealkylation sites (tertiary alicyclic amines) is 1. The highest BCUT2D eigenvalue weighted by Gasteiger charge is 2.50. The molecule has 0 bridgehead atoms. The molecule has 1 aromatic carbocycles. The van der Waals surface area contributed by atoms with E-state index in [0.717, 1.165) is 10.5 Å². The topological polar surface area (TPSA) is 119 Å². The number of hydrogen-bond acceptors (Lipinski definition) is 6. The smallest absolute Gasteiger partial charge is 0.411 e. The molecule has 0 saturated carbocycles. The van der Waals surface area contributed by atoms with Crippen molar-refractivity contribution in [2.24, 2.45) is 11.7 Å². The zero-order chi connectivity index (χ0) is 23.3. The highest BCUT2D eigenvalue weighted by molar-refractivity contribution is 5.91. The molecular weight excluding hydrogens is 402 g/mol. The molecule has 170 valence electrons. The minimum atomic E-state index is -0.969. The molecule has 3 amide bonds. The molecule has 9 heteroatoms. The number of hydrogen-bond donors (Lipinski definition) is 1. The standard InChI is InChI=1S/C22H31N3O6/c1-14-16(20(28)30-13-15-9-7-6-8-10-15)11-17(19(27)24(5)12-18(23)26)25(14)21(29)31-22(2,3)4/h6-10,14,16-17H,11-13H2,1-5H3,(H2,23,26)/t14-,16-,17-/m0/s1. The van der Waals surface area contributed by atoms with Crippen molar-refractivity contribution in [3.63, 3.8) is 0 Å². The summed E-state index contributed by atoms with van der Waals surface area (Å²) in [5.74, 6) is -2.38. The number of nitrogens with two attached hydrogens (primary N) is 1. The van der Waals surface area contributed by atoms with Gasteiger partial charge in [-0.3, -0.25) is 19.3 Å². The fourth-order valence-corrected chi connectivity index (χ4v) is 3.55. The van der Waals surface area contributed by atoms with Gasteiger partial charge in [0.15, 0.2) is 0 Å². The Morgan fingerprint density at radius 2 is 1.77 bits per heavy atom. The molecule has 0 radical (unpaired) electrons. The minimum Gasteiger partial charge on any atom is -0.461 e. The number of amides is 3. The van der Waals surface area contributed by atoms with Crippen molar-refractivity contribution in [3.8, 4) is 0 Å². The SMILES string of the molecule is C[C@H]1[C@@H](C(=O)OCc2ccccc2)C[C@@H](C(=O)N(C)CC(N)=O)N1C(=O)OC(C)(C)C. The molecule has 1 aromatic rings. The molecule has 1 fully saturated rings. The normalized spacial score (nSPS) is 20.8. The zero-order valence-electron chi connectivity index (χ0n) is 18.7. The summed E-state index contributed by atoms with van der Waals surface area (Å²) in [6, 6.07) is 7.62. The number of ether oxygens (including phenoxy) is 2. The lowest BCUT2D eigenvalue weighted by molar-refractivity contribution is -0.150. The van der Waals surface area contributed by atoms with E-state index in [9.17, 15) is 19.2 Å². The number of benzene rings is 1. The molecular formula is C22H31N3O6. The maximum atomic E-state index is 13.0. The van der Waals surface area contributed by atoms with Crippen LogP contribution in [0.2, 0.25) is 0 Å². The Balaban J connectivity index is 2.21. The number of carbonyl (C=O) groups excluding carboxylic acids is 4. The molecule has 0 aromatic heterocycles. The Hall–Kier alpha value is -3.10. The lowest BCUT2D eigenvalue weighted by Gasteiger charge is -2.32. The van der Waals surface area contributed by atoms with Crippen LogP contribution in [-0.4, -0.2) is 65.0 Å². The van der Waals surface area contributed by atoms with Crippen LogP contribution < -0.4 is 5.73 Å². The van der Waals surface area contributed by atoms with Crippen LogP contribution in [0, 0.1) is 5.92 Å². The van der Waals surface area contributed by atoms with E-state index in [1.807, 2.05) is 30.3 Å². The average molecular weight is 434 g/mol. The van der Waals surface area contributed by atoms with Crippen molar-refractivity contribution in [2.75, 3.05) is 13.6 Å². The first-order valence-corrected chi connectivity index (χ1v) is 10.2. The number of primary amides is 1. The van der Waals surface area contributed by atoms with E-state index in [1.54, 1.807) is 27.7 Å². The maximum absolute atomic E-state index is 13.0. The van der Waals surface area contributed by atoms with Crippen molar-refractivity contribution in [1.82, 2.24) is 9.80 Å². The lowest BCUT2D eigenvalue weighted by Crippen LogP contribution is -2.51. The van der Waals surface area contributed by atoms with Crippen LogP contribution in [0.5, 0.6) is 0 Å². The quantitative estimate of drug-likeness (QED) is 0.682. The third kappa shape index (κ3) is 6.44. The van der Waals surface area contributed by atoms with Gasteiger partial charge in [0.05, 0.1) is 12.5 Å². The first-order chi connectivity index (χ1) is 14.4. The van der Waals surface area contributed by atoms with Gasteiger partial charge in [-0.05, 0) is 39.7 Å². The fourth-order valence-electron chi connectivity index (χ4n) is 3.55. The fraction of sp³-hybridized carbons (Fsp3) is 0.545. The van der Waals surface area contributed by atoms with Gasteiger partial charge >= 0.3 is 12.1 Å². The summed E-state index contributed by atoms with van der Waals surface area (Å²) < 4.78 is 10.9. The van der Waals surface area contributed by atoms with Gasteiger partial charge in [0, 0.05) is 13.1 Å². The van der Waals surface area contributed by atoms with Crippen molar-refractivity contribution >= 4 is 23.9 Å². The van der Waals surface area contributed by atoms with E-state index in [1.165, 1.54) is 11.9 Å². The number of esters is 1. The Labute approximate surface area is 182 Å². The average Bonchev–Trinajstić information content (AvgIpc) is 3.01. The first kappa shape index (κ1) is 24.2. The van der Waals surface area contributed by atoms with Crippen LogP contribution in [0.3, 0.4) is 0 Å². The molecule has 31 heavy (non-hydrogen) atoms. The van der Waals surface area contributed by atoms with E-state index >= 15 is 0 Å². The van der Waals surface area contributed by atoms with Crippen LogP contribution >= 0.6 is 0 Å². The highest BCUT2D eigenvalue weighted by Crippen LogP contribution is 2.33. The third-order valence-electron chi connectivity index (χ3n) is 5.02. The lowest BCUT2D eigenvalue weighted by atomic mass is 10.00. The molecule has 2 rings (SSSR count). The number of carbonyl (C=O) groups is 4. The van der Waals surface area contributed by atoms with Crippen LogP contribution in [0.25, 0.3) is 0 Å². The van der Waals surface area contributed by atoms with Gasteiger partial charge in [-0.2, -0.15) is 0 Å². The van der Waals surface area contributed by atoms with Crippen molar-refractivity contribution < 1.29 is 28.7 Å². The van der Waals surface area contributed by atoms with E-state index < -0.39 is 47.5 Å². The van der Waals surface area contributed by atoms with Crippen molar-refractivity contribution in [3.05, 3.63) is 35.9 Å². The second-order valence-electron chi connectivity index (χ2n) is 8.74.